The monoisotopic (exact) mass is 228 g/mol. The van der Waals surface area contributed by atoms with Crippen LogP contribution in [0.3, 0.4) is 0 Å². The van der Waals surface area contributed by atoms with Gasteiger partial charge in [0.05, 0.1) is 0 Å². The normalized spacial score (nSPS) is 12.4. The lowest BCUT2D eigenvalue weighted by molar-refractivity contribution is 0.460. The zero-order valence-electron chi connectivity index (χ0n) is 11.7. The Kier molecular flexibility index (Phi) is 8.50. The molecule has 0 rings (SSSR count). The van der Waals surface area contributed by atoms with E-state index < -0.39 is 8.80 Å². The van der Waals surface area contributed by atoms with Crippen molar-refractivity contribution in [3.05, 3.63) is 0 Å². The Bertz CT molecular complexity index is 130. The van der Waals surface area contributed by atoms with Gasteiger partial charge in [-0.05, 0) is 5.04 Å². The molecule has 0 saturated carbocycles. The van der Waals surface area contributed by atoms with Crippen LogP contribution in [0.25, 0.3) is 0 Å². The Labute approximate surface area is 99.5 Å². The third kappa shape index (κ3) is 5.19. The SMILES string of the molecule is CCCCC(C)(CCCC)[SiH](CC)CC. The van der Waals surface area contributed by atoms with Gasteiger partial charge in [-0.3, -0.25) is 0 Å². The maximum absolute atomic E-state index is 2.60. The van der Waals surface area contributed by atoms with E-state index in [4.69, 9.17) is 0 Å². The molecule has 0 aromatic carbocycles. The van der Waals surface area contributed by atoms with Crippen LogP contribution in [0, 0.1) is 0 Å². The molecule has 0 bridgehead atoms. The van der Waals surface area contributed by atoms with E-state index in [1.54, 1.807) is 0 Å². The average Bonchev–Trinajstić information content (AvgIpc) is 2.25. The minimum atomic E-state index is -0.485. The molecule has 0 aliphatic rings. The van der Waals surface area contributed by atoms with Crippen molar-refractivity contribution in [2.24, 2.45) is 0 Å². The minimum Gasteiger partial charge on any atom is -0.0680 e. The highest BCUT2D eigenvalue weighted by Gasteiger charge is 2.31. The van der Waals surface area contributed by atoms with Gasteiger partial charge < -0.3 is 0 Å². The van der Waals surface area contributed by atoms with Crippen LogP contribution in [0.1, 0.15) is 73.1 Å². The highest BCUT2D eigenvalue weighted by atomic mass is 28.3. The molecule has 0 nitrogen and oxygen atoms in total. The van der Waals surface area contributed by atoms with Crippen LogP contribution in [0.2, 0.25) is 17.1 Å². The van der Waals surface area contributed by atoms with E-state index >= 15 is 0 Å². The first-order valence-corrected chi connectivity index (χ1v) is 9.35. The Morgan fingerprint density at radius 3 is 1.47 bits per heavy atom. The maximum atomic E-state index is 2.60. The van der Waals surface area contributed by atoms with Gasteiger partial charge >= 0.3 is 0 Å². The molecule has 0 fully saturated rings. The van der Waals surface area contributed by atoms with Crippen molar-refractivity contribution in [1.29, 1.82) is 0 Å². The van der Waals surface area contributed by atoms with Crippen molar-refractivity contribution >= 4 is 8.80 Å². The van der Waals surface area contributed by atoms with Crippen molar-refractivity contribution in [3.63, 3.8) is 0 Å². The lowest BCUT2D eigenvalue weighted by Crippen LogP contribution is -2.29. The summed E-state index contributed by atoms with van der Waals surface area (Å²) in [5.41, 5.74) is 0. The van der Waals surface area contributed by atoms with Gasteiger partial charge in [0, 0.05) is 8.80 Å². The molecular weight excluding hydrogens is 196 g/mol. The summed E-state index contributed by atoms with van der Waals surface area (Å²) < 4.78 is 0. The van der Waals surface area contributed by atoms with Crippen LogP contribution in [0.5, 0.6) is 0 Å². The van der Waals surface area contributed by atoms with Gasteiger partial charge in [0.15, 0.2) is 0 Å². The predicted octanol–water partition coefficient (Wildman–Crippen LogP) is 5.39. The van der Waals surface area contributed by atoms with Gasteiger partial charge in [-0.25, -0.2) is 0 Å². The van der Waals surface area contributed by atoms with Crippen LogP contribution in [-0.2, 0) is 0 Å². The van der Waals surface area contributed by atoms with Gasteiger partial charge in [-0.15, -0.1) is 0 Å². The lowest BCUT2D eigenvalue weighted by Gasteiger charge is -2.36. The molecule has 0 saturated heterocycles. The Morgan fingerprint density at radius 1 is 0.800 bits per heavy atom. The van der Waals surface area contributed by atoms with Crippen molar-refractivity contribution in [3.8, 4) is 0 Å². The highest BCUT2D eigenvalue weighted by Crippen LogP contribution is 2.43. The summed E-state index contributed by atoms with van der Waals surface area (Å²) in [6.45, 7) is 12.1. The van der Waals surface area contributed by atoms with E-state index in [0.717, 1.165) is 5.04 Å². The molecule has 0 aliphatic carbocycles. The molecule has 92 valence electrons. The molecule has 0 aromatic heterocycles. The molecular formula is C14H32Si. The predicted molar refractivity (Wildman–Crippen MR) is 75.5 cm³/mol. The van der Waals surface area contributed by atoms with E-state index in [1.807, 2.05) is 0 Å². The van der Waals surface area contributed by atoms with Crippen molar-refractivity contribution in [2.45, 2.75) is 90.3 Å². The molecule has 1 heteroatoms. The lowest BCUT2D eigenvalue weighted by atomic mass is 9.97. The summed E-state index contributed by atoms with van der Waals surface area (Å²) in [6.07, 6.45) is 8.64. The second-order valence-corrected chi connectivity index (χ2v) is 9.80. The quantitative estimate of drug-likeness (QED) is 0.464. The number of unbranched alkanes of at least 4 members (excludes halogenated alkanes) is 2. The zero-order chi connectivity index (χ0) is 11.7. The van der Waals surface area contributed by atoms with Crippen LogP contribution in [0.15, 0.2) is 0 Å². The Balaban J connectivity index is 4.35. The molecule has 0 aliphatic heterocycles. The third-order valence-electron chi connectivity index (χ3n) is 4.17. The standard InChI is InChI=1S/C14H32Si/c1-6-10-12-14(5,13-11-7-2)15(8-3)9-4/h15H,6-13H2,1-5H3. The highest BCUT2D eigenvalue weighted by molar-refractivity contribution is 6.62. The topological polar surface area (TPSA) is 0 Å². The molecule has 0 atom stereocenters. The summed E-state index contributed by atoms with van der Waals surface area (Å²) in [6, 6.07) is 3.00. The molecule has 0 amide bonds. The number of hydrogen-bond donors (Lipinski definition) is 0. The van der Waals surface area contributed by atoms with E-state index in [1.165, 1.54) is 50.6 Å². The zero-order valence-corrected chi connectivity index (χ0v) is 12.9. The third-order valence-corrected chi connectivity index (χ3v) is 8.69. The van der Waals surface area contributed by atoms with Gasteiger partial charge in [-0.2, -0.15) is 0 Å². The number of rotatable bonds is 9. The summed E-state index contributed by atoms with van der Waals surface area (Å²) in [4.78, 5) is 0. The fourth-order valence-corrected chi connectivity index (χ4v) is 6.74. The summed E-state index contributed by atoms with van der Waals surface area (Å²) in [5.74, 6) is 0. The second-order valence-electron chi connectivity index (χ2n) is 5.37. The fraction of sp³-hybridized carbons (Fsp3) is 1.00. The van der Waals surface area contributed by atoms with E-state index in [2.05, 4.69) is 34.6 Å². The van der Waals surface area contributed by atoms with E-state index in [-0.39, 0.29) is 0 Å². The summed E-state index contributed by atoms with van der Waals surface area (Å²) in [7, 11) is -0.485. The van der Waals surface area contributed by atoms with E-state index in [9.17, 15) is 0 Å². The van der Waals surface area contributed by atoms with Gasteiger partial charge in [-0.1, -0.05) is 85.2 Å². The molecule has 0 heterocycles. The Hall–Kier alpha value is 0.217. The van der Waals surface area contributed by atoms with Gasteiger partial charge in [0.25, 0.3) is 0 Å². The Morgan fingerprint density at radius 2 is 1.20 bits per heavy atom. The minimum absolute atomic E-state index is 0.485. The molecule has 0 aromatic rings. The molecule has 0 spiro atoms. The first-order chi connectivity index (χ1) is 7.14. The molecule has 0 unspecified atom stereocenters. The van der Waals surface area contributed by atoms with Crippen LogP contribution < -0.4 is 0 Å². The van der Waals surface area contributed by atoms with Crippen molar-refractivity contribution in [2.75, 3.05) is 0 Å². The number of hydrogen-bond acceptors (Lipinski definition) is 0. The maximum Gasteiger partial charge on any atom is 0.0424 e. The largest absolute Gasteiger partial charge is 0.0680 e. The van der Waals surface area contributed by atoms with E-state index in [0.29, 0.717) is 0 Å². The summed E-state index contributed by atoms with van der Waals surface area (Å²) >= 11 is 0. The average molecular weight is 228 g/mol. The van der Waals surface area contributed by atoms with Crippen LogP contribution >= 0.6 is 0 Å². The van der Waals surface area contributed by atoms with Crippen LogP contribution in [-0.4, -0.2) is 8.80 Å². The van der Waals surface area contributed by atoms with Crippen LogP contribution in [0.4, 0.5) is 0 Å². The smallest absolute Gasteiger partial charge is 0.0424 e. The molecule has 0 radical (unpaired) electrons. The molecule has 15 heavy (non-hydrogen) atoms. The van der Waals surface area contributed by atoms with Crippen molar-refractivity contribution in [1.82, 2.24) is 0 Å². The second kappa shape index (κ2) is 8.38. The van der Waals surface area contributed by atoms with Crippen molar-refractivity contribution < 1.29 is 0 Å². The molecule has 0 N–H and O–H groups in total. The van der Waals surface area contributed by atoms with Gasteiger partial charge in [0.2, 0.25) is 0 Å². The fourth-order valence-electron chi connectivity index (χ4n) is 2.97. The first-order valence-electron chi connectivity index (χ1n) is 7.14. The summed E-state index contributed by atoms with van der Waals surface area (Å²) in [5, 5.41) is 0.759. The first kappa shape index (κ1) is 15.2. The van der Waals surface area contributed by atoms with Gasteiger partial charge in [0.1, 0.15) is 0 Å².